The third-order valence-electron chi connectivity index (χ3n) is 3.72. The van der Waals surface area contributed by atoms with Crippen LogP contribution in [0.15, 0.2) is 42.6 Å². The Morgan fingerprint density at radius 3 is 2.42 bits per heavy atom. The summed E-state index contributed by atoms with van der Waals surface area (Å²) in [5.74, 6) is 0.845. The van der Waals surface area contributed by atoms with E-state index < -0.39 is 0 Å². The highest BCUT2D eigenvalue weighted by Gasteiger charge is 2.11. The van der Waals surface area contributed by atoms with Crippen LogP contribution in [-0.2, 0) is 17.6 Å². The van der Waals surface area contributed by atoms with Crippen LogP contribution < -0.4 is 5.32 Å². The summed E-state index contributed by atoms with van der Waals surface area (Å²) in [7, 11) is 1.79. The van der Waals surface area contributed by atoms with Gasteiger partial charge in [0.15, 0.2) is 5.65 Å². The molecule has 1 aromatic carbocycles. The van der Waals surface area contributed by atoms with Crippen molar-refractivity contribution in [3.8, 4) is 0 Å². The van der Waals surface area contributed by atoms with E-state index in [4.69, 9.17) is 0 Å². The van der Waals surface area contributed by atoms with Gasteiger partial charge < -0.3 is 5.32 Å². The van der Waals surface area contributed by atoms with Crippen LogP contribution in [0.4, 0.5) is 5.82 Å². The molecule has 0 atom stereocenters. The Morgan fingerprint density at radius 1 is 1.08 bits per heavy atom. The molecule has 26 heavy (non-hydrogen) atoms. The molecule has 2 heterocycles. The molecular weight excluding hydrogens is 323 g/mol. The third-order valence-corrected chi connectivity index (χ3v) is 3.72. The molecule has 0 saturated carbocycles. The number of pyridine rings is 1. The Balaban J connectivity index is 0.00000109. The highest BCUT2D eigenvalue weighted by molar-refractivity contribution is 5.84. The molecule has 6 heteroatoms. The Kier molecular flexibility index (Phi) is 8.42. The number of anilines is 1. The lowest BCUT2D eigenvalue weighted by Crippen LogP contribution is -2.09. The molecule has 1 N–H and O–H groups in total. The molecular formula is C20H24BN4O. The van der Waals surface area contributed by atoms with E-state index >= 15 is 0 Å². The first kappa shape index (κ1) is 21.3. The number of aryl methyl sites for hydroxylation is 1. The van der Waals surface area contributed by atoms with E-state index in [0.717, 1.165) is 16.8 Å². The summed E-state index contributed by atoms with van der Waals surface area (Å²) in [6, 6.07) is 11.7. The average molecular weight is 347 g/mol. The second kappa shape index (κ2) is 10.3. The SMILES string of the molecule is CC.CNc1cnc2cc(CC(=O)Cc3ccccc3)c(C)nc2n1.[B]. The highest BCUT2D eigenvalue weighted by atomic mass is 16.1. The lowest BCUT2D eigenvalue weighted by Gasteiger charge is -2.07. The number of fused-ring (bicyclic) bond motifs is 1. The van der Waals surface area contributed by atoms with Gasteiger partial charge in [-0.3, -0.25) is 4.79 Å². The number of ketones is 1. The van der Waals surface area contributed by atoms with Crippen LogP contribution in [0.25, 0.3) is 11.2 Å². The van der Waals surface area contributed by atoms with Crippen molar-refractivity contribution in [1.29, 1.82) is 0 Å². The Bertz CT molecular complexity index is 853. The van der Waals surface area contributed by atoms with E-state index in [9.17, 15) is 4.79 Å². The molecule has 0 saturated heterocycles. The number of nitrogens with zero attached hydrogens (tertiary/aromatic N) is 3. The summed E-state index contributed by atoms with van der Waals surface area (Å²) in [6.07, 6.45) is 2.46. The van der Waals surface area contributed by atoms with Gasteiger partial charge >= 0.3 is 0 Å². The van der Waals surface area contributed by atoms with E-state index in [2.05, 4.69) is 20.3 Å². The van der Waals surface area contributed by atoms with Crippen molar-refractivity contribution in [3.63, 3.8) is 0 Å². The number of rotatable bonds is 5. The standard InChI is InChI=1S/C18H18N4O.C2H6.B/c1-12-14(9-15(23)8-13-6-4-3-5-7-13)10-16-18(21-12)22-17(19-2)11-20-16;1-2;/h3-7,10-11H,8-9H2,1-2H3,(H,19,21,22);1-2H3;. The Morgan fingerprint density at radius 2 is 1.77 bits per heavy atom. The zero-order valence-corrected chi connectivity index (χ0v) is 15.8. The van der Waals surface area contributed by atoms with Crippen LogP contribution >= 0.6 is 0 Å². The fourth-order valence-electron chi connectivity index (χ4n) is 2.47. The van der Waals surface area contributed by atoms with Crippen molar-refractivity contribution in [2.45, 2.75) is 33.6 Å². The maximum Gasteiger partial charge on any atom is 0.180 e. The van der Waals surface area contributed by atoms with Crippen LogP contribution in [0.3, 0.4) is 0 Å². The molecule has 3 aromatic rings. The smallest absolute Gasteiger partial charge is 0.180 e. The molecule has 133 valence electrons. The number of aromatic nitrogens is 3. The molecule has 3 rings (SSSR count). The molecule has 5 nitrogen and oxygen atoms in total. The quantitative estimate of drug-likeness (QED) is 0.717. The molecule has 0 fully saturated rings. The minimum atomic E-state index is 0. The fraction of sp³-hybridized carbons (Fsp3) is 0.300. The molecule has 0 spiro atoms. The summed E-state index contributed by atoms with van der Waals surface area (Å²) >= 11 is 0. The second-order valence-corrected chi connectivity index (χ2v) is 5.46. The minimum Gasteiger partial charge on any atom is -0.372 e. The van der Waals surface area contributed by atoms with Crippen LogP contribution in [0.5, 0.6) is 0 Å². The average Bonchev–Trinajstić information content (AvgIpc) is 2.64. The molecule has 3 radical (unpaired) electrons. The first-order valence-corrected chi connectivity index (χ1v) is 8.52. The van der Waals surface area contributed by atoms with Crippen LogP contribution in [0.2, 0.25) is 0 Å². The monoisotopic (exact) mass is 347 g/mol. The summed E-state index contributed by atoms with van der Waals surface area (Å²) in [5, 5.41) is 2.94. The number of hydrogen-bond acceptors (Lipinski definition) is 5. The number of carbonyl (C=O) groups is 1. The summed E-state index contributed by atoms with van der Waals surface area (Å²) in [6.45, 7) is 5.90. The number of Topliss-reactive ketones (excluding diaryl/α,β-unsaturated/α-hetero) is 1. The van der Waals surface area contributed by atoms with Gasteiger partial charge in [-0.05, 0) is 24.1 Å². The van der Waals surface area contributed by atoms with E-state index in [1.54, 1.807) is 13.2 Å². The second-order valence-electron chi connectivity index (χ2n) is 5.46. The van der Waals surface area contributed by atoms with Crippen molar-refractivity contribution in [1.82, 2.24) is 15.0 Å². The van der Waals surface area contributed by atoms with E-state index in [0.29, 0.717) is 29.8 Å². The molecule has 2 aromatic heterocycles. The van der Waals surface area contributed by atoms with Crippen molar-refractivity contribution in [2.75, 3.05) is 12.4 Å². The molecule has 0 unspecified atom stereocenters. The largest absolute Gasteiger partial charge is 0.372 e. The lowest BCUT2D eigenvalue weighted by atomic mass is 10.0. The van der Waals surface area contributed by atoms with Crippen molar-refractivity contribution in [3.05, 3.63) is 59.4 Å². The van der Waals surface area contributed by atoms with Gasteiger partial charge in [-0.1, -0.05) is 44.2 Å². The zero-order valence-electron chi connectivity index (χ0n) is 15.8. The van der Waals surface area contributed by atoms with E-state index in [1.807, 2.05) is 57.2 Å². The molecule has 0 aliphatic heterocycles. The van der Waals surface area contributed by atoms with Gasteiger partial charge in [0.05, 0.1) is 6.20 Å². The van der Waals surface area contributed by atoms with Gasteiger partial charge in [-0.15, -0.1) is 0 Å². The lowest BCUT2D eigenvalue weighted by molar-refractivity contribution is -0.117. The first-order chi connectivity index (χ1) is 12.2. The predicted molar refractivity (Wildman–Crippen MR) is 108 cm³/mol. The summed E-state index contributed by atoms with van der Waals surface area (Å²) < 4.78 is 0. The normalized spacial score (nSPS) is 9.69. The van der Waals surface area contributed by atoms with Crippen molar-refractivity contribution >= 4 is 31.2 Å². The molecule has 0 aliphatic carbocycles. The fourth-order valence-corrected chi connectivity index (χ4v) is 2.47. The zero-order chi connectivity index (χ0) is 18.2. The number of benzene rings is 1. The van der Waals surface area contributed by atoms with Crippen molar-refractivity contribution < 1.29 is 4.79 Å². The topological polar surface area (TPSA) is 67.8 Å². The Hall–Kier alpha value is -2.76. The maximum atomic E-state index is 12.3. The van der Waals surface area contributed by atoms with Gasteiger partial charge in [-0.25, -0.2) is 15.0 Å². The molecule has 0 amide bonds. The molecule has 0 aliphatic rings. The van der Waals surface area contributed by atoms with Crippen molar-refractivity contribution in [2.24, 2.45) is 0 Å². The van der Waals surface area contributed by atoms with Gasteiger partial charge in [0.25, 0.3) is 0 Å². The van der Waals surface area contributed by atoms with Gasteiger partial charge in [0.1, 0.15) is 17.1 Å². The number of nitrogens with one attached hydrogen (secondary N) is 1. The number of carbonyl (C=O) groups excluding carboxylic acids is 1. The van der Waals surface area contributed by atoms with E-state index in [1.165, 1.54) is 0 Å². The Labute approximate surface area is 156 Å². The highest BCUT2D eigenvalue weighted by Crippen LogP contribution is 2.16. The summed E-state index contributed by atoms with van der Waals surface area (Å²) in [4.78, 5) is 25.5. The van der Waals surface area contributed by atoms with Gasteiger partial charge in [0.2, 0.25) is 0 Å². The molecule has 0 bridgehead atoms. The summed E-state index contributed by atoms with van der Waals surface area (Å²) in [5.41, 5.74) is 4.06. The van der Waals surface area contributed by atoms with Gasteiger partial charge in [0, 0.05) is 34.0 Å². The van der Waals surface area contributed by atoms with Gasteiger partial charge in [-0.2, -0.15) is 0 Å². The third kappa shape index (κ3) is 5.38. The van der Waals surface area contributed by atoms with Crippen LogP contribution in [-0.4, -0.2) is 36.2 Å². The maximum absolute atomic E-state index is 12.3. The predicted octanol–water partition coefficient (Wildman–Crippen LogP) is 3.37. The minimum absolute atomic E-state index is 0. The van der Waals surface area contributed by atoms with Crippen LogP contribution in [0, 0.1) is 6.92 Å². The van der Waals surface area contributed by atoms with Crippen LogP contribution in [0.1, 0.15) is 30.7 Å². The van der Waals surface area contributed by atoms with E-state index in [-0.39, 0.29) is 14.2 Å². The first-order valence-electron chi connectivity index (χ1n) is 8.52. The number of hydrogen-bond donors (Lipinski definition) is 1.